The highest BCUT2D eigenvalue weighted by Gasteiger charge is 2.40. The van der Waals surface area contributed by atoms with Crippen molar-refractivity contribution in [3.8, 4) is 5.75 Å². The lowest BCUT2D eigenvalue weighted by atomic mass is 9.90. The fourth-order valence-corrected chi connectivity index (χ4v) is 4.44. The summed E-state index contributed by atoms with van der Waals surface area (Å²) >= 11 is 5.92. The fraction of sp³-hybridized carbons (Fsp3) is 0.407. The Labute approximate surface area is 210 Å². The van der Waals surface area contributed by atoms with E-state index in [9.17, 15) is 9.18 Å². The van der Waals surface area contributed by atoms with Gasteiger partial charge in [0.2, 0.25) is 5.91 Å². The molecule has 2 N–H and O–H groups in total. The molecule has 35 heavy (non-hydrogen) atoms. The van der Waals surface area contributed by atoms with Gasteiger partial charge in [0.15, 0.2) is 0 Å². The van der Waals surface area contributed by atoms with Gasteiger partial charge in [0, 0.05) is 23.8 Å². The number of hydrogen-bond acceptors (Lipinski definition) is 4. The Bertz CT molecular complexity index is 1190. The van der Waals surface area contributed by atoms with Crippen LogP contribution in [0.15, 0.2) is 54.7 Å². The molecule has 1 aliphatic heterocycles. The maximum atomic E-state index is 14.3. The number of halogens is 2. The summed E-state index contributed by atoms with van der Waals surface area (Å²) in [6.45, 7) is 10.2. The van der Waals surface area contributed by atoms with Crippen LogP contribution in [-0.2, 0) is 10.3 Å². The topological polar surface area (TPSA) is 68.2 Å². The van der Waals surface area contributed by atoms with E-state index in [2.05, 4.69) is 31.4 Å². The zero-order valence-electron chi connectivity index (χ0n) is 20.7. The molecule has 0 spiro atoms. The minimum absolute atomic E-state index is 0.0690. The first kappa shape index (κ1) is 25.2. The number of anilines is 1. The molecule has 3 atom stereocenters. The fourth-order valence-electron chi connectivity index (χ4n) is 4.33. The van der Waals surface area contributed by atoms with Gasteiger partial charge in [0.05, 0.1) is 28.4 Å². The van der Waals surface area contributed by atoms with Gasteiger partial charge in [-0.15, -0.1) is 0 Å². The molecular formula is C27H32ClFN4O2. The van der Waals surface area contributed by atoms with Crippen LogP contribution in [0.4, 0.5) is 10.1 Å². The highest BCUT2D eigenvalue weighted by Crippen LogP contribution is 2.41. The van der Waals surface area contributed by atoms with Crippen LogP contribution in [-0.4, -0.2) is 27.8 Å². The Morgan fingerprint density at radius 2 is 1.91 bits per heavy atom. The van der Waals surface area contributed by atoms with Crippen LogP contribution < -0.4 is 15.4 Å². The lowest BCUT2D eigenvalue weighted by molar-refractivity contribution is -0.117. The lowest BCUT2D eigenvalue weighted by Crippen LogP contribution is -2.36. The van der Waals surface area contributed by atoms with Crippen molar-refractivity contribution < 1.29 is 13.9 Å². The van der Waals surface area contributed by atoms with E-state index >= 15 is 0 Å². The number of rotatable bonds is 6. The second-order valence-electron chi connectivity index (χ2n) is 10.2. The van der Waals surface area contributed by atoms with E-state index in [0.29, 0.717) is 12.1 Å². The first-order valence-corrected chi connectivity index (χ1v) is 12.2. The number of nitrogens with zero attached hydrogens (tertiary/aromatic N) is 2. The molecule has 0 radical (unpaired) electrons. The van der Waals surface area contributed by atoms with Crippen LogP contribution in [0.25, 0.3) is 0 Å². The van der Waals surface area contributed by atoms with Crippen molar-refractivity contribution in [2.75, 3.05) is 5.32 Å². The largest absolute Gasteiger partial charge is 0.491 e. The third-order valence-corrected chi connectivity index (χ3v) is 6.37. The van der Waals surface area contributed by atoms with Gasteiger partial charge in [-0.2, -0.15) is 5.10 Å². The normalized spacial score (nSPS) is 20.3. The molecule has 0 saturated carbocycles. The molecule has 6 nitrogen and oxygen atoms in total. The predicted molar refractivity (Wildman–Crippen MR) is 136 cm³/mol. The quantitative estimate of drug-likeness (QED) is 0.434. The van der Waals surface area contributed by atoms with Crippen LogP contribution >= 0.6 is 11.6 Å². The Morgan fingerprint density at radius 1 is 1.20 bits per heavy atom. The smallest absolute Gasteiger partial charge is 0.241 e. The third-order valence-electron chi connectivity index (χ3n) is 6.06. The molecular weight excluding hydrogens is 467 g/mol. The minimum atomic E-state index is -0.485. The third kappa shape index (κ3) is 5.85. The summed E-state index contributed by atoms with van der Waals surface area (Å²) in [5.41, 5.74) is 2.10. The molecule has 0 aliphatic carbocycles. The van der Waals surface area contributed by atoms with Crippen LogP contribution in [0.2, 0.25) is 5.02 Å². The number of carbonyl (C=O) groups excluding carboxylic acids is 1. The van der Waals surface area contributed by atoms with E-state index < -0.39 is 11.9 Å². The SMILES string of the molecule is CC(C)Oc1ccc(NC(=O)[C@@H]2C[C@@H](c3ccn(C(C)(C)C)n3)[C@H](c3ccc(Cl)c(F)c3)N2)cc1. The molecule has 0 bridgehead atoms. The van der Waals surface area contributed by atoms with Crippen molar-refractivity contribution in [3.05, 3.63) is 76.8 Å². The Kier molecular flexibility index (Phi) is 7.20. The Morgan fingerprint density at radius 3 is 2.51 bits per heavy atom. The second-order valence-corrected chi connectivity index (χ2v) is 10.7. The van der Waals surface area contributed by atoms with Gasteiger partial charge >= 0.3 is 0 Å². The number of aromatic nitrogens is 2. The van der Waals surface area contributed by atoms with Crippen molar-refractivity contribution in [2.24, 2.45) is 0 Å². The molecule has 186 valence electrons. The average molecular weight is 499 g/mol. The maximum Gasteiger partial charge on any atom is 0.241 e. The number of ether oxygens (including phenoxy) is 1. The van der Waals surface area contributed by atoms with Crippen LogP contribution in [0.5, 0.6) is 5.75 Å². The number of carbonyl (C=O) groups is 1. The summed E-state index contributed by atoms with van der Waals surface area (Å²) in [6.07, 6.45) is 2.55. The summed E-state index contributed by atoms with van der Waals surface area (Å²) in [5, 5.41) is 11.3. The van der Waals surface area contributed by atoms with E-state index in [1.54, 1.807) is 12.1 Å². The van der Waals surface area contributed by atoms with E-state index in [4.69, 9.17) is 21.4 Å². The van der Waals surface area contributed by atoms with Gasteiger partial charge in [0.25, 0.3) is 0 Å². The molecule has 1 aliphatic rings. The lowest BCUT2D eigenvalue weighted by Gasteiger charge is -2.21. The van der Waals surface area contributed by atoms with Gasteiger partial charge in [-0.1, -0.05) is 17.7 Å². The summed E-state index contributed by atoms with van der Waals surface area (Å²) in [7, 11) is 0. The summed E-state index contributed by atoms with van der Waals surface area (Å²) < 4.78 is 21.9. The Balaban J connectivity index is 1.56. The molecule has 1 saturated heterocycles. The van der Waals surface area contributed by atoms with Crippen molar-refractivity contribution in [1.29, 1.82) is 0 Å². The molecule has 3 aromatic rings. The predicted octanol–water partition coefficient (Wildman–Crippen LogP) is 6.04. The minimum Gasteiger partial charge on any atom is -0.491 e. The van der Waals surface area contributed by atoms with E-state index in [-0.39, 0.29) is 34.5 Å². The zero-order chi connectivity index (χ0) is 25.3. The summed E-state index contributed by atoms with van der Waals surface area (Å²) in [6, 6.07) is 13.3. The van der Waals surface area contributed by atoms with Gasteiger partial charge in [0.1, 0.15) is 11.6 Å². The average Bonchev–Trinajstić information content (AvgIpc) is 3.44. The highest BCUT2D eigenvalue weighted by molar-refractivity contribution is 6.30. The van der Waals surface area contributed by atoms with Gasteiger partial charge in [-0.3, -0.25) is 14.8 Å². The number of amides is 1. The first-order valence-electron chi connectivity index (χ1n) is 11.9. The van der Waals surface area contributed by atoms with Crippen LogP contribution in [0, 0.1) is 5.82 Å². The molecule has 8 heteroatoms. The number of nitrogens with one attached hydrogen (secondary N) is 2. The zero-order valence-corrected chi connectivity index (χ0v) is 21.4. The molecule has 0 unspecified atom stereocenters. The van der Waals surface area contributed by atoms with Crippen molar-refractivity contribution in [3.63, 3.8) is 0 Å². The molecule has 1 amide bonds. The highest BCUT2D eigenvalue weighted by atomic mass is 35.5. The second kappa shape index (κ2) is 9.99. The molecule has 1 fully saturated rings. The molecule has 2 heterocycles. The molecule has 1 aromatic heterocycles. The van der Waals surface area contributed by atoms with Crippen molar-refractivity contribution >= 4 is 23.2 Å². The van der Waals surface area contributed by atoms with E-state index in [1.807, 2.05) is 55.1 Å². The van der Waals surface area contributed by atoms with Crippen LogP contribution in [0.1, 0.15) is 64.3 Å². The molecule has 2 aromatic carbocycles. The van der Waals surface area contributed by atoms with Gasteiger partial charge in [-0.25, -0.2) is 4.39 Å². The first-order chi connectivity index (χ1) is 16.5. The van der Waals surface area contributed by atoms with E-state index in [1.165, 1.54) is 6.07 Å². The number of benzene rings is 2. The number of hydrogen-bond donors (Lipinski definition) is 2. The Hall–Kier alpha value is -2.90. The van der Waals surface area contributed by atoms with Crippen molar-refractivity contribution in [1.82, 2.24) is 15.1 Å². The summed E-state index contributed by atoms with van der Waals surface area (Å²) in [5.74, 6) is -0.00526. The molecule has 4 rings (SSSR count). The monoisotopic (exact) mass is 498 g/mol. The summed E-state index contributed by atoms with van der Waals surface area (Å²) in [4.78, 5) is 13.2. The van der Waals surface area contributed by atoms with Gasteiger partial charge < -0.3 is 10.1 Å². The van der Waals surface area contributed by atoms with Gasteiger partial charge in [-0.05, 0) is 89.1 Å². The van der Waals surface area contributed by atoms with E-state index in [0.717, 1.165) is 17.0 Å². The standard InChI is InChI=1S/C27H32ClFN4O2/c1-16(2)35-19-9-7-18(8-10-19)30-26(34)24-15-20(23-12-13-33(32-23)27(3,4)5)25(31-24)17-6-11-21(28)22(29)14-17/h6-14,16,20,24-25,31H,15H2,1-5H3,(H,30,34)/t20-,24-,25-/m0/s1. The maximum absolute atomic E-state index is 14.3. The van der Waals surface area contributed by atoms with Crippen LogP contribution in [0.3, 0.4) is 0 Å². The van der Waals surface area contributed by atoms with Crippen molar-refractivity contribution in [2.45, 2.75) is 70.7 Å².